The first-order valence-electron chi connectivity index (χ1n) is 7.66. The summed E-state index contributed by atoms with van der Waals surface area (Å²) in [4.78, 5) is 29.0. The Kier molecular flexibility index (Phi) is 5.28. The number of carboxylic acid groups (broad SMARTS) is 1. The fourth-order valence-electron chi connectivity index (χ4n) is 2.47. The molecular weight excluding hydrogens is 382 g/mol. The first kappa shape index (κ1) is 18.4. The zero-order valence-corrected chi connectivity index (χ0v) is 15.3. The van der Waals surface area contributed by atoms with Gasteiger partial charge in [-0.05, 0) is 23.9 Å². The van der Waals surface area contributed by atoms with Crippen LogP contribution < -0.4 is 4.90 Å². The standard InChI is InChI=1S/C17H14F2N2O3S2/c1-9-4-5-25-17(9)21(14(22)2-3-15(23)24)8-13-20-12-7-10(18)6-11(19)16(12)26-13/h4-7H,2-3,8H2,1H3,(H,23,24). The molecule has 0 saturated heterocycles. The Bertz CT molecular complexity index is 984. The largest absolute Gasteiger partial charge is 0.481 e. The molecule has 0 atom stereocenters. The third kappa shape index (κ3) is 3.88. The van der Waals surface area contributed by atoms with Gasteiger partial charge in [-0.15, -0.1) is 22.7 Å². The Morgan fingerprint density at radius 2 is 2.04 bits per heavy atom. The molecule has 2 heterocycles. The summed E-state index contributed by atoms with van der Waals surface area (Å²) < 4.78 is 27.5. The molecule has 1 amide bonds. The van der Waals surface area contributed by atoms with Gasteiger partial charge in [0.2, 0.25) is 5.91 Å². The van der Waals surface area contributed by atoms with E-state index in [1.54, 1.807) is 0 Å². The zero-order chi connectivity index (χ0) is 18.8. The maximum atomic E-state index is 13.9. The Morgan fingerprint density at radius 1 is 1.27 bits per heavy atom. The number of rotatable bonds is 6. The van der Waals surface area contributed by atoms with Crippen LogP contribution in [-0.4, -0.2) is 22.0 Å². The van der Waals surface area contributed by atoms with Crippen LogP contribution in [0.1, 0.15) is 23.4 Å². The van der Waals surface area contributed by atoms with Gasteiger partial charge in [0.15, 0.2) is 0 Å². The highest BCUT2D eigenvalue weighted by atomic mass is 32.1. The maximum Gasteiger partial charge on any atom is 0.303 e. The molecule has 0 fully saturated rings. The molecule has 0 aliphatic rings. The molecule has 0 saturated carbocycles. The second kappa shape index (κ2) is 7.46. The van der Waals surface area contributed by atoms with Gasteiger partial charge in [-0.2, -0.15) is 0 Å². The molecule has 3 aromatic rings. The minimum atomic E-state index is -1.06. The van der Waals surface area contributed by atoms with E-state index in [2.05, 4.69) is 4.98 Å². The van der Waals surface area contributed by atoms with Crippen molar-refractivity contribution in [1.82, 2.24) is 4.98 Å². The summed E-state index contributed by atoms with van der Waals surface area (Å²) in [5.74, 6) is -2.82. The first-order valence-corrected chi connectivity index (χ1v) is 9.35. The number of amides is 1. The van der Waals surface area contributed by atoms with Crippen LogP contribution >= 0.6 is 22.7 Å². The van der Waals surface area contributed by atoms with Crippen LogP contribution in [0.15, 0.2) is 23.6 Å². The molecule has 0 aliphatic heterocycles. The molecular formula is C17H14F2N2O3S2. The lowest BCUT2D eigenvalue weighted by atomic mass is 10.2. The van der Waals surface area contributed by atoms with Gasteiger partial charge in [-0.25, -0.2) is 13.8 Å². The van der Waals surface area contributed by atoms with Crippen LogP contribution in [0.4, 0.5) is 13.8 Å². The van der Waals surface area contributed by atoms with Crippen LogP contribution in [-0.2, 0) is 16.1 Å². The van der Waals surface area contributed by atoms with Crippen molar-refractivity contribution < 1.29 is 23.5 Å². The van der Waals surface area contributed by atoms with Crippen LogP contribution in [0, 0.1) is 18.6 Å². The molecule has 2 aromatic heterocycles. The number of anilines is 1. The van der Waals surface area contributed by atoms with Crippen molar-refractivity contribution in [2.24, 2.45) is 0 Å². The van der Waals surface area contributed by atoms with E-state index in [-0.39, 0.29) is 35.5 Å². The van der Waals surface area contributed by atoms with E-state index in [1.807, 2.05) is 18.4 Å². The molecule has 5 nitrogen and oxygen atoms in total. The van der Waals surface area contributed by atoms with Crippen LogP contribution in [0.3, 0.4) is 0 Å². The van der Waals surface area contributed by atoms with Gasteiger partial charge in [0, 0.05) is 18.6 Å². The minimum absolute atomic E-state index is 0.0697. The summed E-state index contributed by atoms with van der Waals surface area (Å²) in [5.41, 5.74) is 1.07. The first-order chi connectivity index (χ1) is 12.3. The number of aromatic nitrogens is 1. The Balaban J connectivity index is 1.93. The highest BCUT2D eigenvalue weighted by Gasteiger charge is 2.22. The summed E-state index contributed by atoms with van der Waals surface area (Å²) in [6.07, 6.45) is -0.431. The van der Waals surface area contributed by atoms with Crippen molar-refractivity contribution >= 4 is 49.8 Å². The Labute approximate surface area is 155 Å². The van der Waals surface area contributed by atoms with E-state index < -0.39 is 17.6 Å². The number of nitrogens with zero attached hydrogens (tertiary/aromatic N) is 2. The number of fused-ring (bicyclic) bond motifs is 1. The smallest absolute Gasteiger partial charge is 0.303 e. The van der Waals surface area contributed by atoms with E-state index in [1.165, 1.54) is 16.2 Å². The molecule has 26 heavy (non-hydrogen) atoms. The SMILES string of the molecule is Cc1ccsc1N(Cc1nc2cc(F)cc(F)c2s1)C(=O)CCC(=O)O. The van der Waals surface area contributed by atoms with Crippen molar-refractivity contribution in [1.29, 1.82) is 0 Å². The van der Waals surface area contributed by atoms with Crippen LogP contribution in [0.2, 0.25) is 0 Å². The van der Waals surface area contributed by atoms with Gasteiger partial charge >= 0.3 is 5.97 Å². The number of thiazole rings is 1. The molecule has 0 unspecified atom stereocenters. The fraction of sp³-hybridized carbons (Fsp3) is 0.235. The van der Waals surface area contributed by atoms with Gasteiger partial charge in [0.05, 0.1) is 23.2 Å². The molecule has 0 spiro atoms. The predicted molar refractivity (Wildman–Crippen MR) is 96.7 cm³/mol. The van der Waals surface area contributed by atoms with Crippen molar-refractivity contribution in [3.8, 4) is 0 Å². The molecule has 1 N–H and O–H groups in total. The van der Waals surface area contributed by atoms with Gasteiger partial charge in [0.25, 0.3) is 0 Å². The second-order valence-corrected chi connectivity index (χ2v) is 7.60. The number of thiophene rings is 1. The Morgan fingerprint density at radius 3 is 2.69 bits per heavy atom. The van der Waals surface area contributed by atoms with Gasteiger partial charge < -0.3 is 5.11 Å². The quantitative estimate of drug-likeness (QED) is 0.673. The van der Waals surface area contributed by atoms with Crippen molar-refractivity contribution in [2.45, 2.75) is 26.3 Å². The molecule has 0 radical (unpaired) electrons. The zero-order valence-electron chi connectivity index (χ0n) is 13.7. The number of carbonyl (C=O) groups is 2. The summed E-state index contributed by atoms with van der Waals surface area (Å²) >= 11 is 2.40. The van der Waals surface area contributed by atoms with E-state index in [0.29, 0.717) is 10.0 Å². The highest BCUT2D eigenvalue weighted by molar-refractivity contribution is 7.18. The minimum Gasteiger partial charge on any atom is -0.481 e. The molecule has 0 aliphatic carbocycles. The lowest BCUT2D eigenvalue weighted by molar-refractivity contribution is -0.138. The molecule has 3 rings (SSSR count). The van der Waals surface area contributed by atoms with E-state index in [4.69, 9.17) is 5.11 Å². The molecule has 9 heteroatoms. The van der Waals surface area contributed by atoms with Crippen molar-refractivity contribution in [3.63, 3.8) is 0 Å². The Hall–Kier alpha value is -2.39. The summed E-state index contributed by atoms with van der Waals surface area (Å²) in [5, 5.41) is 11.8. The summed E-state index contributed by atoms with van der Waals surface area (Å²) in [6, 6.07) is 3.79. The molecule has 1 aromatic carbocycles. The second-order valence-electron chi connectivity index (χ2n) is 5.63. The number of carbonyl (C=O) groups excluding carboxylic acids is 1. The molecule has 136 valence electrons. The van der Waals surface area contributed by atoms with Crippen LogP contribution in [0.5, 0.6) is 0 Å². The summed E-state index contributed by atoms with van der Waals surface area (Å²) in [7, 11) is 0. The number of aryl methyl sites for hydroxylation is 1. The average molecular weight is 396 g/mol. The number of hydrogen-bond donors (Lipinski definition) is 1. The maximum absolute atomic E-state index is 13.9. The van der Waals surface area contributed by atoms with Gasteiger partial charge in [-0.1, -0.05) is 0 Å². The monoisotopic (exact) mass is 396 g/mol. The third-order valence-electron chi connectivity index (χ3n) is 3.68. The van der Waals surface area contributed by atoms with Crippen molar-refractivity contribution in [2.75, 3.05) is 4.90 Å². The number of hydrogen-bond acceptors (Lipinski definition) is 5. The number of benzene rings is 1. The van der Waals surface area contributed by atoms with E-state index >= 15 is 0 Å². The number of carboxylic acids is 1. The highest BCUT2D eigenvalue weighted by Crippen LogP contribution is 2.32. The topological polar surface area (TPSA) is 70.5 Å². The lowest BCUT2D eigenvalue weighted by Crippen LogP contribution is -2.30. The van der Waals surface area contributed by atoms with Crippen LogP contribution in [0.25, 0.3) is 10.2 Å². The summed E-state index contributed by atoms with van der Waals surface area (Å²) in [6.45, 7) is 1.91. The van der Waals surface area contributed by atoms with Gasteiger partial charge in [-0.3, -0.25) is 14.5 Å². The fourth-order valence-corrected chi connectivity index (χ4v) is 4.36. The number of aliphatic carboxylic acids is 1. The van der Waals surface area contributed by atoms with E-state index in [0.717, 1.165) is 29.0 Å². The number of halogens is 2. The normalized spacial score (nSPS) is 11.0. The third-order valence-corrected chi connectivity index (χ3v) is 5.78. The average Bonchev–Trinajstić information content (AvgIpc) is 3.16. The van der Waals surface area contributed by atoms with E-state index in [9.17, 15) is 18.4 Å². The van der Waals surface area contributed by atoms with Crippen molar-refractivity contribution in [3.05, 3.63) is 45.8 Å². The predicted octanol–water partition coefficient (Wildman–Crippen LogP) is 4.34. The lowest BCUT2D eigenvalue weighted by Gasteiger charge is -2.21. The van der Waals surface area contributed by atoms with Gasteiger partial charge in [0.1, 0.15) is 21.6 Å². The molecule has 0 bridgehead atoms.